The average Bonchev–Trinajstić information content (AvgIpc) is 2.54. The standard InChI is InChI=1S/C16H9Cl2F3N2O/c17-8-13-22-14-9(4-3-5-10(14)16(19,20)21)15(24)23(13)12-7-2-1-6-11(12)18/h1-7H,8H2. The molecule has 0 N–H and O–H groups in total. The second-order valence-corrected chi connectivity index (χ2v) is 5.63. The Labute approximate surface area is 144 Å². The van der Waals surface area contributed by atoms with E-state index in [9.17, 15) is 18.0 Å². The largest absolute Gasteiger partial charge is 0.418 e. The molecule has 0 spiro atoms. The molecule has 0 amide bonds. The maximum absolute atomic E-state index is 13.2. The van der Waals surface area contributed by atoms with E-state index in [0.29, 0.717) is 5.69 Å². The second-order valence-electron chi connectivity index (χ2n) is 4.95. The van der Waals surface area contributed by atoms with Crippen LogP contribution in [0, 0.1) is 0 Å². The summed E-state index contributed by atoms with van der Waals surface area (Å²) >= 11 is 11.9. The van der Waals surface area contributed by atoms with Gasteiger partial charge in [0.2, 0.25) is 0 Å². The van der Waals surface area contributed by atoms with Crippen LogP contribution >= 0.6 is 23.2 Å². The summed E-state index contributed by atoms with van der Waals surface area (Å²) in [5.41, 5.74) is -1.75. The average molecular weight is 373 g/mol. The first-order valence-corrected chi connectivity index (χ1v) is 7.68. The van der Waals surface area contributed by atoms with Crippen molar-refractivity contribution in [3.8, 4) is 5.69 Å². The fraction of sp³-hybridized carbons (Fsp3) is 0.125. The fourth-order valence-electron chi connectivity index (χ4n) is 2.45. The molecule has 0 saturated heterocycles. The van der Waals surface area contributed by atoms with Crippen molar-refractivity contribution in [2.75, 3.05) is 0 Å². The van der Waals surface area contributed by atoms with Gasteiger partial charge in [-0.25, -0.2) is 4.98 Å². The first kappa shape index (κ1) is 16.8. The quantitative estimate of drug-likeness (QED) is 0.605. The summed E-state index contributed by atoms with van der Waals surface area (Å²) in [7, 11) is 0. The van der Waals surface area contributed by atoms with Crippen LogP contribution in [0.2, 0.25) is 5.02 Å². The van der Waals surface area contributed by atoms with Crippen molar-refractivity contribution in [3.63, 3.8) is 0 Å². The Morgan fingerprint density at radius 1 is 1.08 bits per heavy atom. The number of hydrogen-bond acceptors (Lipinski definition) is 2. The topological polar surface area (TPSA) is 34.9 Å². The maximum Gasteiger partial charge on any atom is 0.418 e. The number of fused-ring (bicyclic) bond motifs is 1. The van der Waals surface area contributed by atoms with Gasteiger partial charge in [-0.2, -0.15) is 13.2 Å². The van der Waals surface area contributed by atoms with E-state index in [-0.39, 0.29) is 22.1 Å². The van der Waals surface area contributed by atoms with Crippen LogP contribution in [0.5, 0.6) is 0 Å². The molecule has 2 aromatic carbocycles. The highest BCUT2D eigenvalue weighted by Crippen LogP contribution is 2.33. The first-order chi connectivity index (χ1) is 11.3. The minimum absolute atomic E-state index is 0.0148. The van der Waals surface area contributed by atoms with Crippen LogP contribution < -0.4 is 5.56 Å². The summed E-state index contributed by atoms with van der Waals surface area (Å²) in [6.45, 7) is 0. The zero-order valence-electron chi connectivity index (χ0n) is 11.9. The van der Waals surface area contributed by atoms with E-state index in [1.807, 2.05) is 0 Å². The van der Waals surface area contributed by atoms with Gasteiger partial charge in [0, 0.05) is 0 Å². The molecular formula is C16H9Cl2F3N2O. The SMILES string of the molecule is O=c1c2cccc(C(F)(F)F)c2nc(CCl)n1-c1ccccc1Cl. The highest BCUT2D eigenvalue weighted by Gasteiger charge is 2.34. The van der Waals surface area contributed by atoms with E-state index in [2.05, 4.69) is 4.98 Å². The van der Waals surface area contributed by atoms with E-state index >= 15 is 0 Å². The lowest BCUT2D eigenvalue weighted by atomic mass is 10.1. The zero-order chi connectivity index (χ0) is 17.5. The molecular weight excluding hydrogens is 364 g/mol. The Morgan fingerprint density at radius 3 is 2.42 bits per heavy atom. The van der Waals surface area contributed by atoms with E-state index in [4.69, 9.17) is 23.2 Å². The zero-order valence-corrected chi connectivity index (χ0v) is 13.5. The third-order valence-electron chi connectivity index (χ3n) is 3.49. The predicted octanol–water partition coefficient (Wildman–Crippen LogP) is 4.80. The molecule has 0 unspecified atom stereocenters. The lowest BCUT2D eigenvalue weighted by molar-refractivity contribution is -0.136. The summed E-state index contributed by atoms with van der Waals surface area (Å²) in [6.07, 6.45) is -4.63. The Bertz CT molecular complexity index is 983. The highest BCUT2D eigenvalue weighted by molar-refractivity contribution is 6.32. The fourth-order valence-corrected chi connectivity index (χ4v) is 2.85. The summed E-state index contributed by atoms with van der Waals surface area (Å²) in [4.78, 5) is 16.8. The van der Waals surface area contributed by atoms with E-state index < -0.39 is 22.8 Å². The van der Waals surface area contributed by atoms with E-state index in [1.54, 1.807) is 24.3 Å². The number of benzene rings is 2. The van der Waals surface area contributed by atoms with Crippen LogP contribution in [-0.4, -0.2) is 9.55 Å². The molecule has 3 aromatic rings. The smallest absolute Gasteiger partial charge is 0.268 e. The number of rotatable bonds is 2. The number of nitrogens with zero attached hydrogens (tertiary/aromatic N) is 2. The Hall–Kier alpha value is -2.05. The molecule has 0 bridgehead atoms. The van der Waals surface area contributed by atoms with Crippen molar-refractivity contribution < 1.29 is 13.2 Å². The number of halogens is 5. The summed E-state index contributed by atoms with van der Waals surface area (Å²) in [6, 6.07) is 9.82. The molecule has 0 aliphatic heterocycles. The van der Waals surface area contributed by atoms with Crippen LogP contribution in [0.25, 0.3) is 16.6 Å². The van der Waals surface area contributed by atoms with Crippen molar-refractivity contribution in [2.24, 2.45) is 0 Å². The van der Waals surface area contributed by atoms with Crippen molar-refractivity contribution in [2.45, 2.75) is 12.1 Å². The van der Waals surface area contributed by atoms with Crippen molar-refractivity contribution in [1.82, 2.24) is 9.55 Å². The van der Waals surface area contributed by atoms with Gasteiger partial charge in [-0.3, -0.25) is 9.36 Å². The van der Waals surface area contributed by atoms with Crippen LogP contribution in [0.1, 0.15) is 11.4 Å². The van der Waals surface area contributed by atoms with Gasteiger partial charge >= 0.3 is 6.18 Å². The van der Waals surface area contributed by atoms with E-state index in [0.717, 1.165) is 10.6 Å². The molecule has 8 heteroatoms. The summed E-state index contributed by atoms with van der Waals surface area (Å²) < 4.78 is 40.6. The molecule has 3 nitrogen and oxygen atoms in total. The van der Waals surface area contributed by atoms with Gasteiger partial charge in [-0.1, -0.05) is 29.8 Å². The molecule has 1 heterocycles. The Balaban J connectivity index is 2.44. The minimum atomic E-state index is -4.63. The van der Waals surface area contributed by atoms with Crippen LogP contribution in [0.15, 0.2) is 47.3 Å². The van der Waals surface area contributed by atoms with Crippen molar-refractivity contribution >= 4 is 34.1 Å². The summed E-state index contributed by atoms with van der Waals surface area (Å²) in [5, 5.41) is 0.109. The molecule has 0 aliphatic rings. The molecule has 124 valence electrons. The molecule has 3 rings (SSSR count). The Kier molecular flexibility index (Phi) is 4.27. The first-order valence-electron chi connectivity index (χ1n) is 6.77. The van der Waals surface area contributed by atoms with Gasteiger partial charge < -0.3 is 0 Å². The van der Waals surface area contributed by atoms with Gasteiger partial charge in [0.15, 0.2) is 0 Å². The van der Waals surface area contributed by atoms with Gasteiger partial charge in [-0.15, -0.1) is 11.6 Å². The van der Waals surface area contributed by atoms with Crippen molar-refractivity contribution in [3.05, 3.63) is 69.2 Å². The molecule has 0 atom stereocenters. The second kappa shape index (κ2) is 6.11. The lowest BCUT2D eigenvalue weighted by Crippen LogP contribution is -2.24. The van der Waals surface area contributed by atoms with Crippen LogP contribution in [0.4, 0.5) is 13.2 Å². The molecule has 24 heavy (non-hydrogen) atoms. The molecule has 0 aliphatic carbocycles. The van der Waals surface area contributed by atoms with E-state index in [1.165, 1.54) is 12.1 Å². The molecule has 0 fully saturated rings. The number of aromatic nitrogens is 2. The monoisotopic (exact) mass is 372 g/mol. The van der Waals surface area contributed by atoms with Crippen LogP contribution in [0.3, 0.4) is 0 Å². The molecule has 1 aromatic heterocycles. The third kappa shape index (κ3) is 2.76. The normalized spacial score (nSPS) is 11.9. The number of hydrogen-bond donors (Lipinski definition) is 0. The Morgan fingerprint density at radius 2 is 1.79 bits per heavy atom. The third-order valence-corrected chi connectivity index (χ3v) is 4.05. The predicted molar refractivity (Wildman–Crippen MR) is 86.9 cm³/mol. The number of para-hydroxylation sites is 2. The molecule has 0 radical (unpaired) electrons. The highest BCUT2D eigenvalue weighted by atomic mass is 35.5. The summed E-state index contributed by atoms with van der Waals surface area (Å²) in [5.74, 6) is -0.262. The maximum atomic E-state index is 13.2. The van der Waals surface area contributed by atoms with Gasteiger partial charge in [0.1, 0.15) is 5.82 Å². The van der Waals surface area contributed by atoms with Gasteiger partial charge in [-0.05, 0) is 24.3 Å². The lowest BCUT2D eigenvalue weighted by Gasteiger charge is -2.15. The van der Waals surface area contributed by atoms with Crippen molar-refractivity contribution in [1.29, 1.82) is 0 Å². The minimum Gasteiger partial charge on any atom is -0.268 e. The van der Waals surface area contributed by atoms with Crippen LogP contribution in [-0.2, 0) is 12.1 Å². The van der Waals surface area contributed by atoms with Gasteiger partial charge in [0.05, 0.1) is 33.1 Å². The van der Waals surface area contributed by atoms with Gasteiger partial charge in [0.25, 0.3) is 5.56 Å². The molecule has 0 saturated carbocycles. The number of alkyl halides is 4.